The van der Waals surface area contributed by atoms with Gasteiger partial charge in [-0.25, -0.2) is 8.42 Å². The molecule has 4 aromatic rings. The number of carbonyl (C=O) groups excluding carboxylic acids is 2. The minimum Gasteiger partial charge on any atom is -0.317 e. The third kappa shape index (κ3) is 5.87. The van der Waals surface area contributed by atoms with Gasteiger partial charge in [-0.05, 0) is 47.5 Å². The second-order valence-corrected chi connectivity index (χ2v) is 12.1. The van der Waals surface area contributed by atoms with E-state index in [0.717, 1.165) is 5.56 Å². The maximum Gasteiger partial charge on any atom is 0.229 e. The van der Waals surface area contributed by atoms with E-state index in [9.17, 15) is 18.0 Å². The van der Waals surface area contributed by atoms with Gasteiger partial charge in [0.1, 0.15) is 0 Å². The summed E-state index contributed by atoms with van der Waals surface area (Å²) in [7, 11) is -3.30. The number of hydrogen-bond acceptors (Lipinski definition) is 5. The largest absolute Gasteiger partial charge is 0.317 e. The highest BCUT2D eigenvalue weighted by Gasteiger charge is 2.22. The number of thiophene rings is 1. The Bertz CT molecular complexity index is 1530. The lowest BCUT2D eigenvalue weighted by atomic mass is 10.0. The van der Waals surface area contributed by atoms with Gasteiger partial charge in [-0.1, -0.05) is 72.6 Å². The molecule has 0 bridgehead atoms. The number of anilines is 1. The van der Waals surface area contributed by atoms with Crippen LogP contribution >= 0.6 is 34.5 Å². The van der Waals surface area contributed by atoms with E-state index in [1.54, 1.807) is 37.3 Å². The van der Waals surface area contributed by atoms with Crippen LogP contribution in [-0.2, 0) is 21.1 Å². The standard InChI is InChI=1S/C27H21Cl2NO4S2/c1-2-36(33,34)20-11-8-17(9-12-20)14-24(31)30-25-16-22(18-6-4-3-5-7-18)27(35-25)26(32)21-13-10-19(28)15-23(21)29/h3-13,15-16H,2,14H2,1H3,(H,30,31). The molecule has 0 aliphatic carbocycles. The van der Waals surface area contributed by atoms with Crippen molar-refractivity contribution in [3.05, 3.63) is 105 Å². The van der Waals surface area contributed by atoms with Crippen molar-refractivity contribution in [3.8, 4) is 11.1 Å². The van der Waals surface area contributed by atoms with Gasteiger partial charge in [0.05, 0.1) is 32.0 Å². The van der Waals surface area contributed by atoms with Crippen molar-refractivity contribution in [1.29, 1.82) is 0 Å². The summed E-state index contributed by atoms with van der Waals surface area (Å²) in [4.78, 5) is 26.9. The molecule has 3 aromatic carbocycles. The predicted octanol–water partition coefficient (Wildman–Crippen LogP) is 6.93. The highest BCUT2D eigenvalue weighted by Crippen LogP contribution is 2.37. The van der Waals surface area contributed by atoms with Gasteiger partial charge >= 0.3 is 0 Å². The van der Waals surface area contributed by atoms with Gasteiger partial charge in [-0.15, -0.1) is 11.3 Å². The molecule has 184 valence electrons. The highest BCUT2D eigenvalue weighted by atomic mass is 35.5. The molecular formula is C27H21Cl2NO4S2. The molecule has 0 atom stereocenters. The molecule has 1 amide bonds. The first-order valence-electron chi connectivity index (χ1n) is 11.0. The number of benzene rings is 3. The molecule has 1 heterocycles. The minimum atomic E-state index is -3.30. The fourth-order valence-corrected chi connectivity index (χ4v) is 6.03. The second kappa shape index (κ2) is 11.0. The average Bonchev–Trinajstić information content (AvgIpc) is 3.28. The molecule has 36 heavy (non-hydrogen) atoms. The Morgan fingerprint density at radius 3 is 2.25 bits per heavy atom. The topological polar surface area (TPSA) is 80.3 Å². The predicted molar refractivity (Wildman–Crippen MR) is 146 cm³/mol. The van der Waals surface area contributed by atoms with Crippen molar-refractivity contribution in [2.24, 2.45) is 0 Å². The Morgan fingerprint density at radius 2 is 1.61 bits per heavy atom. The highest BCUT2D eigenvalue weighted by molar-refractivity contribution is 7.91. The van der Waals surface area contributed by atoms with Gasteiger partial charge in [-0.2, -0.15) is 0 Å². The van der Waals surface area contributed by atoms with Crippen LogP contribution in [0.15, 0.2) is 83.8 Å². The van der Waals surface area contributed by atoms with Crippen LogP contribution in [0, 0.1) is 0 Å². The van der Waals surface area contributed by atoms with E-state index in [1.807, 2.05) is 30.3 Å². The van der Waals surface area contributed by atoms with Crippen LogP contribution < -0.4 is 5.32 Å². The normalized spacial score (nSPS) is 11.3. The molecule has 0 fully saturated rings. The number of ketones is 1. The summed E-state index contributed by atoms with van der Waals surface area (Å²) in [6, 6.07) is 22.2. The number of sulfone groups is 1. The fraction of sp³-hybridized carbons (Fsp3) is 0.111. The Balaban J connectivity index is 1.60. The molecule has 0 saturated heterocycles. The number of rotatable bonds is 8. The van der Waals surface area contributed by atoms with Crippen molar-refractivity contribution in [2.75, 3.05) is 11.1 Å². The molecule has 0 saturated carbocycles. The lowest BCUT2D eigenvalue weighted by molar-refractivity contribution is -0.115. The minimum absolute atomic E-state index is 0.0112. The number of halogens is 2. The maximum atomic E-state index is 13.4. The Hall–Kier alpha value is -2.97. The maximum absolute atomic E-state index is 13.4. The molecule has 5 nitrogen and oxygen atoms in total. The molecule has 0 spiro atoms. The summed E-state index contributed by atoms with van der Waals surface area (Å²) in [6.07, 6.45) is 0.0529. The first kappa shape index (κ1) is 26.1. The van der Waals surface area contributed by atoms with Crippen LogP contribution in [0.1, 0.15) is 27.7 Å². The zero-order chi connectivity index (χ0) is 25.9. The molecule has 1 aromatic heterocycles. The third-order valence-corrected chi connectivity index (χ3v) is 8.84. The van der Waals surface area contributed by atoms with E-state index in [4.69, 9.17) is 23.2 Å². The van der Waals surface area contributed by atoms with Crippen LogP contribution in [-0.4, -0.2) is 25.9 Å². The molecule has 0 aliphatic rings. The Kier molecular flexibility index (Phi) is 7.95. The van der Waals surface area contributed by atoms with Crippen LogP contribution in [0.2, 0.25) is 10.0 Å². The SMILES string of the molecule is CCS(=O)(=O)c1ccc(CC(=O)Nc2cc(-c3ccccc3)c(C(=O)c3ccc(Cl)cc3Cl)s2)cc1. The molecule has 0 aliphatic heterocycles. The van der Waals surface area contributed by atoms with Gasteiger partial charge in [-0.3, -0.25) is 9.59 Å². The van der Waals surface area contributed by atoms with E-state index < -0.39 is 9.84 Å². The third-order valence-electron chi connectivity index (χ3n) is 5.49. The van der Waals surface area contributed by atoms with Crippen molar-refractivity contribution >= 4 is 61.1 Å². The van der Waals surface area contributed by atoms with Gasteiger partial charge in [0.15, 0.2) is 9.84 Å². The van der Waals surface area contributed by atoms with E-state index in [2.05, 4.69) is 5.32 Å². The zero-order valence-electron chi connectivity index (χ0n) is 19.1. The molecule has 1 N–H and O–H groups in total. The molecule has 0 unspecified atom stereocenters. The van der Waals surface area contributed by atoms with Crippen molar-refractivity contribution in [3.63, 3.8) is 0 Å². The van der Waals surface area contributed by atoms with Crippen molar-refractivity contribution in [2.45, 2.75) is 18.2 Å². The zero-order valence-corrected chi connectivity index (χ0v) is 22.3. The Labute approximate surface area is 223 Å². The molecule has 0 radical (unpaired) electrons. The van der Waals surface area contributed by atoms with E-state index in [-0.39, 0.29) is 33.8 Å². The summed E-state index contributed by atoms with van der Waals surface area (Å²) in [5.74, 6) is -0.545. The van der Waals surface area contributed by atoms with Crippen molar-refractivity contribution < 1.29 is 18.0 Å². The first-order valence-corrected chi connectivity index (χ1v) is 14.2. The van der Waals surface area contributed by atoms with Crippen LogP contribution in [0.3, 0.4) is 0 Å². The Morgan fingerprint density at radius 1 is 0.917 bits per heavy atom. The summed E-state index contributed by atoms with van der Waals surface area (Å²) in [5, 5.41) is 4.05. The molecular weight excluding hydrogens is 537 g/mol. The average molecular weight is 559 g/mol. The van der Waals surface area contributed by atoms with Crippen molar-refractivity contribution in [1.82, 2.24) is 0 Å². The van der Waals surface area contributed by atoms with Crippen LogP contribution in [0.4, 0.5) is 5.00 Å². The fourth-order valence-electron chi connectivity index (χ4n) is 3.60. The summed E-state index contributed by atoms with van der Waals surface area (Å²) in [5.41, 5.74) is 2.50. The monoisotopic (exact) mass is 557 g/mol. The van der Waals surface area contributed by atoms with E-state index in [1.165, 1.54) is 29.5 Å². The van der Waals surface area contributed by atoms with E-state index in [0.29, 0.717) is 31.6 Å². The summed E-state index contributed by atoms with van der Waals surface area (Å²) >= 11 is 13.5. The van der Waals surface area contributed by atoms with Crippen LogP contribution in [0.25, 0.3) is 11.1 Å². The smallest absolute Gasteiger partial charge is 0.229 e. The quantitative estimate of drug-likeness (QED) is 0.238. The van der Waals surface area contributed by atoms with Gasteiger partial charge in [0.25, 0.3) is 0 Å². The first-order chi connectivity index (χ1) is 17.2. The molecule has 4 rings (SSSR count). The van der Waals surface area contributed by atoms with E-state index >= 15 is 0 Å². The second-order valence-electron chi connectivity index (χ2n) is 7.95. The summed E-state index contributed by atoms with van der Waals surface area (Å²) in [6.45, 7) is 1.58. The lowest BCUT2D eigenvalue weighted by Gasteiger charge is -2.06. The number of carbonyl (C=O) groups is 2. The van der Waals surface area contributed by atoms with Crippen LogP contribution in [0.5, 0.6) is 0 Å². The molecule has 9 heteroatoms. The number of nitrogens with one attached hydrogen (secondary N) is 1. The van der Waals surface area contributed by atoms with Gasteiger partial charge in [0, 0.05) is 16.1 Å². The van der Waals surface area contributed by atoms with Gasteiger partial charge in [0.2, 0.25) is 11.7 Å². The number of hydrogen-bond donors (Lipinski definition) is 1. The lowest BCUT2D eigenvalue weighted by Crippen LogP contribution is -2.13. The number of amides is 1. The summed E-state index contributed by atoms with van der Waals surface area (Å²) < 4.78 is 24.0. The van der Waals surface area contributed by atoms with Gasteiger partial charge < -0.3 is 5.32 Å².